The van der Waals surface area contributed by atoms with Gasteiger partial charge in [0.1, 0.15) is 5.75 Å². The van der Waals surface area contributed by atoms with Gasteiger partial charge in [0, 0.05) is 18.8 Å². The van der Waals surface area contributed by atoms with E-state index in [2.05, 4.69) is 47.8 Å². The van der Waals surface area contributed by atoms with E-state index in [0.717, 1.165) is 36.0 Å². The minimum absolute atomic E-state index is 0.0186. The number of rotatable bonds is 14. The van der Waals surface area contributed by atoms with Gasteiger partial charge in [0.05, 0.1) is 30.6 Å². The normalized spacial score (nSPS) is 10.4. The summed E-state index contributed by atoms with van der Waals surface area (Å²) in [7, 11) is 0. The van der Waals surface area contributed by atoms with Crippen LogP contribution in [0.1, 0.15) is 45.5 Å². The number of fused-ring (bicyclic) bond motifs is 1. The zero-order chi connectivity index (χ0) is 35.7. The second kappa shape index (κ2) is 18.9. The summed E-state index contributed by atoms with van der Waals surface area (Å²) >= 11 is 0. The number of anilines is 1. The first-order valence-electron chi connectivity index (χ1n) is 14.3. The maximum Gasteiger partial charge on any atom is 0.336 e. The SMILES string of the molecule is NCc1ccc(NCCCOc2ccc3ccccc3c2)cc1.O=C(O)CC(O)(CC(=O)O)C(=O)O.O=C(O)c1cccc(C(=O)O)c1. The van der Waals surface area contributed by atoms with E-state index >= 15 is 0 Å². The van der Waals surface area contributed by atoms with Crippen LogP contribution in [0, 0.1) is 0 Å². The standard InChI is InChI=1S/C20H22N2O.C8H6O4.C6H8O7/c21-15-16-6-9-19(10-7-16)22-12-3-13-23-20-11-8-17-4-1-2-5-18(17)14-20;9-7(10)5-2-1-3-6(4-5)8(11)12;7-3(8)1-6(13,5(11)12)2-4(9)10/h1-2,4-11,14,22H,3,12-13,15,21H2;1-4H,(H,9,10)(H,11,12);13H,1-2H2,(H,7,8)(H,9,10)(H,11,12). The Morgan fingerprint density at radius 3 is 1.75 bits per heavy atom. The van der Waals surface area contributed by atoms with Gasteiger partial charge in [-0.1, -0.05) is 48.5 Å². The lowest BCUT2D eigenvalue weighted by Crippen LogP contribution is -2.42. The highest BCUT2D eigenvalue weighted by Gasteiger charge is 2.40. The molecule has 0 radical (unpaired) electrons. The number of benzene rings is 4. The Labute approximate surface area is 274 Å². The summed E-state index contributed by atoms with van der Waals surface area (Å²) in [4.78, 5) is 51.3. The molecule has 0 aliphatic heterocycles. The number of ether oxygens (including phenoxy) is 1. The highest BCUT2D eigenvalue weighted by atomic mass is 16.5. The molecule has 0 aliphatic carbocycles. The smallest absolute Gasteiger partial charge is 0.336 e. The molecule has 0 spiro atoms. The molecule has 0 atom stereocenters. The molecule has 14 nitrogen and oxygen atoms in total. The molecule has 48 heavy (non-hydrogen) atoms. The van der Waals surface area contributed by atoms with Crippen molar-refractivity contribution >= 4 is 46.3 Å². The van der Waals surface area contributed by atoms with E-state index in [9.17, 15) is 24.0 Å². The molecule has 4 rings (SSSR count). The fourth-order valence-corrected chi connectivity index (χ4v) is 4.01. The molecule has 0 aliphatic rings. The van der Waals surface area contributed by atoms with Crippen LogP contribution in [0.2, 0.25) is 0 Å². The van der Waals surface area contributed by atoms with Crippen LogP contribution in [0.15, 0.2) is 91.0 Å². The molecule has 0 bridgehead atoms. The monoisotopic (exact) mass is 664 g/mol. The fourth-order valence-electron chi connectivity index (χ4n) is 4.01. The molecular weight excluding hydrogens is 628 g/mol. The first kappa shape index (κ1) is 38.2. The Morgan fingerprint density at radius 2 is 1.25 bits per heavy atom. The molecule has 254 valence electrons. The van der Waals surface area contributed by atoms with Gasteiger partial charge in [-0.15, -0.1) is 0 Å². The first-order chi connectivity index (χ1) is 22.7. The number of nitrogens with two attached hydrogens (primary N) is 1. The zero-order valence-corrected chi connectivity index (χ0v) is 25.6. The van der Waals surface area contributed by atoms with Gasteiger partial charge in [-0.3, -0.25) is 9.59 Å². The van der Waals surface area contributed by atoms with Crippen molar-refractivity contribution in [3.63, 3.8) is 0 Å². The van der Waals surface area contributed by atoms with E-state index < -0.39 is 48.3 Å². The summed E-state index contributed by atoms with van der Waals surface area (Å²) < 4.78 is 5.83. The summed E-state index contributed by atoms with van der Waals surface area (Å²) in [6, 6.07) is 28.0. The maximum atomic E-state index is 10.4. The summed E-state index contributed by atoms with van der Waals surface area (Å²) in [5.41, 5.74) is 5.08. The lowest BCUT2D eigenvalue weighted by molar-refractivity contribution is -0.170. The van der Waals surface area contributed by atoms with Crippen LogP contribution >= 0.6 is 0 Å². The number of hydrogen-bond acceptors (Lipinski definition) is 9. The number of aliphatic hydroxyl groups is 1. The van der Waals surface area contributed by atoms with Crippen molar-refractivity contribution in [2.75, 3.05) is 18.5 Å². The van der Waals surface area contributed by atoms with Gasteiger partial charge >= 0.3 is 29.8 Å². The molecule has 9 N–H and O–H groups in total. The van der Waals surface area contributed by atoms with Crippen LogP contribution < -0.4 is 15.8 Å². The highest BCUT2D eigenvalue weighted by molar-refractivity contribution is 5.93. The lowest BCUT2D eigenvalue weighted by atomic mass is 9.96. The van der Waals surface area contributed by atoms with Gasteiger partial charge in [-0.05, 0) is 65.2 Å². The zero-order valence-electron chi connectivity index (χ0n) is 25.6. The molecular formula is C34H36N2O12. The van der Waals surface area contributed by atoms with Crippen LogP contribution in [0.25, 0.3) is 10.8 Å². The first-order valence-corrected chi connectivity index (χ1v) is 14.3. The Hall–Kier alpha value is -5.99. The number of carboxylic acids is 5. The van der Waals surface area contributed by atoms with E-state index in [1.165, 1.54) is 29.0 Å². The van der Waals surface area contributed by atoms with Gasteiger partial charge in [-0.2, -0.15) is 0 Å². The molecule has 4 aromatic rings. The largest absolute Gasteiger partial charge is 0.494 e. The quantitative estimate of drug-likeness (QED) is 0.0887. The summed E-state index contributed by atoms with van der Waals surface area (Å²) in [6.07, 6.45) is -1.34. The lowest BCUT2D eigenvalue weighted by Gasteiger charge is -2.18. The van der Waals surface area contributed by atoms with E-state index in [1.54, 1.807) is 0 Å². The van der Waals surface area contributed by atoms with Crippen molar-refractivity contribution in [1.29, 1.82) is 0 Å². The van der Waals surface area contributed by atoms with Crippen LogP contribution in [-0.2, 0) is 20.9 Å². The van der Waals surface area contributed by atoms with Gasteiger partial charge in [0.25, 0.3) is 0 Å². The average molecular weight is 665 g/mol. The number of aliphatic carboxylic acids is 3. The van der Waals surface area contributed by atoms with Gasteiger partial charge in [-0.25, -0.2) is 14.4 Å². The van der Waals surface area contributed by atoms with Crippen molar-refractivity contribution in [3.8, 4) is 5.75 Å². The maximum absolute atomic E-state index is 10.4. The Kier molecular flexibility index (Phi) is 15.0. The van der Waals surface area contributed by atoms with Crippen molar-refractivity contribution in [1.82, 2.24) is 0 Å². The molecule has 0 aromatic heterocycles. The second-order valence-electron chi connectivity index (χ2n) is 10.2. The number of aromatic carboxylic acids is 2. The van der Waals surface area contributed by atoms with E-state index in [0.29, 0.717) is 13.2 Å². The van der Waals surface area contributed by atoms with Crippen LogP contribution in [0.4, 0.5) is 5.69 Å². The average Bonchev–Trinajstić information content (AvgIpc) is 3.04. The number of hydrogen-bond donors (Lipinski definition) is 8. The minimum atomic E-state index is -2.74. The van der Waals surface area contributed by atoms with Crippen LogP contribution in [-0.4, -0.2) is 79.2 Å². The summed E-state index contributed by atoms with van der Waals surface area (Å²) in [6.45, 7) is 2.17. The molecule has 14 heteroatoms. The van der Waals surface area contributed by atoms with Crippen molar-refractivity contribution in [2.45, 2.75) is 31.4 Å². The predicted octanol–water partition coefficient (Wildman–Crippen LogP) is 4.01. The second-order valence-corrected chi connectivity index (χ2v) is 10.2. The number of carbonyl (C=O) groups is 5. The van der Waals surface area contributed by atoms with Crippen molar-refractivity contribution in [3.05, 3.63) is 108 Å². The predicted molar refractivity (Wildman–Crippen MR) is 174 cm³/mol. The number of carboxylic acid groups (broad SMARTS) is 5. The fraction of sp³-hybridized carbons (Fsp3) is 0.206. The molecule has 0 fully saturated rings. The molecule has 4 aromatic carbocycles. The van der Waals surface area contributed by atoms with Crippen LogP contribution in [0.5, 0.6) is 5.75 Å². The Balaban J connectivity index is 0.000000274. The van der Waals surface area contributed by atoms with Gasteiger partial charge < -0.3 is 46.4 Å². The van der Waals surface area contributed by atoms with E-state index in [-0.39, 0.29) is 11.1 Å². The third-order valence-electron chi connectivity index (χ3n) is 6.47. The Morgan fingerprint density at radius 1 is 0.688 bits per heavy atom. The third kappa shape index (κ3) is 13.2. The molecule has 0 saturated heterocycles. The van der Waals surface area contributed by atoms with E-state index in [1.807, 2.05) is 24.3 Å². The summed E-state index contributed by atoms with van der Waals surface area (Å²) in [5, 5.41) is 56.6. The minimum Gasteiger partial charge on any atom is -0.494 e. The summed E-state index contributed by atoms with van der Waals surface area (Å²) in [5.74, 6) is -6.35. The number of nitrogens with one attached hydrogen (secondary N) is 1. The Bertz CT molecular complexity index is 1660. The third-order valence-corrected chi connectivity index (χ3v) is 6.47. The molecule has 0 heterocycles. The van der Waals surface area contributed by atoms with Crippen molar-refractivity contribution < 1.29 is 59.3 Å². The molecule has 0 unspecified atom stereocenters. The van der Waals surface area contributed by atoms with Crippen LogP contribution in [0.3, 0.4) is 0 Å². The molecule has 0 saturated carbocycles. The van der Waals surface area contributed by atoms with Gasteiger partial charge in [0.15, 0.2) is 5.60 Å². The van der Waals surface area contributed by atoms with Crippen molar-refractivity contribution in [2.24, 2.45) is 5.73 Å². The topological polar surface area (TPSA) is 254 Å². The van der Waals surface area contributed by atoms with Gasteiger partial charge in [0.2, 0.25) is 0 Å². The molecule has 0 amide bonds. The van der Waals surface area contributed by atoms with E-state index in [4.69, 9.17) is 41.1 Å². The highest BCUT2D eigenvalue weighted by Crippen LogP contribution is 2.21.